The minimum absolute atomic E-state index is 0.442. The molecule has 0 spiro atoms. The summed E-state index contributed by atoms with van der Waals surface area (Å²) in [7, 11) is 0. The Morgan fingerprint density at radius 2 is 1.44 bits per heavy atom. The average Bonchev–Trinajstić information content (AvgIpc) is 2.85. The molecular weight excluding hydrogens is 394 g/mol. The van der Waals surface area contributed by atoms with Gasteiger partial charge in [-0.15, -0.1) is 0 Å². The summed E-state index contributed by atoms with van der Waals surface area (Å²) in [5.41, 5.74) is 6.32. The maximum absolute atomic E-state index is 8.86. The van der Waals surface area contributed by atoms with Gasteiger partial charge >= 0.3 is 0 Å². The number of nitrogens with one attached hydrogen (secondary N) is 2. The lowest BCUT2D eigenvalue weighted by Gasteiger charge is -2.14. The van der Waals surface area contributed by atoms with Crippen LogP contribution in [0.2, 0.25) is 0 Å². The van der Waals surface area contributed by atoms with E-state index >= 15 is 0 Å². The van der Waals surface area contributed by atoms with Gasteiger partial charge in [0.2, 0.25) is 5.95 Å². The molecule has 0 fully saturated rings. The molecule has 0 unspecified atom stereocenters. The van der Waals surface area contributed by atoms with E-state index in [0.717, 1.165) is 33.4 Å². The lowest BCUT2D eigenvalue weighted by molar-refractivity contribution is 0.726. The second kappa shape index (κ2) is 8.47. The van der Waals surface area contributed by atoms with Crippen molar-refractivity contribution >= 4 is 22.7 Å². The predicted molar refractivity (Wildman–Crippen MR) is 130 cm³/mol. The standard InChI is InChI=1S/C27H23N5/c1-2-32-25(28)24(21-15-13-20(14-16-21)19-9-5-3-6-10-19)17-22-18-29-27(31-26(22)32)30-23-11-7-4-8-12-23/h3-18,28H,2H2,1H3,(H,29,30,31). The second-order valence-electron chi connectivity index (χ2n) is 7.56. The minimum Gasteiger partial charge on any atom is -0.324 e. The van der Waals surface area contributed by atoms with Gasteiger partial charge in [-0.2, -0.15) is 4.98 Å². The van der Waals surface area contributed by atoms with Crippen molar-refractivity contribution in [3.8, 4) is 22.3 Å². The van der Waals surface area contributed by atoms with Crippen LogP contribution in [-0.4, -0.2) is 14.5 Å². The van der Waals surface area contributed by atoms with E-state index in [9.17, 15) is 0 Å². The summed E-state index contributed by atoms with van der Waals surface area (Å²) < 4.78 is 1.92. The molecule has 5 aromatic rings. The van der Waals surface area contributed by atoms with E-state index in [-0.39, 0.29) is 0 Å². The fraction of sp³-hybridized carbons (Fsp3) is 0.0741. The maximum atomic E-state index is 8.86. The van der Waals surface area contributed by atoms with Crippen molar-refractivity contribution in [2.45, 2.75) is 13.5 Å². The molecule has 0 bridgehead atoms. The van der Waals surface area contributed by atoms with Gasteiger partial charge in [0.05, 0.1) is 0 Å². The van der Waals surface area contributed by atoms with E-state index in [4.69, 9.17) is 10.4 Å². The number of anilines is 2. The van der Waals surface area contributed by atoms with Gasteiger partial charge in [-0.05, 0) is 41.8 Å². The molecule has 0 aliphatic carbocycles. The zero-order chi connectivity index (χ0) is 21.9. The number of rotatable bonds is 5. The highest BCUT2D eigenvalue weighted by Crippen LogP contribution is 2.25. The van der Waals surface area contributed by atoms with Gasteiger partial charge in [0.1, 0.15) is 11.1 Å². The van der Waals surface area contributed by atoms with E-state index in [1.165, 1.54) is 5.56 Å². The van der Waals surface area contributed by atoms with E-state index in [2.05, 4.69) is 46.7 Å². The first kappa shape index (κ1) is 19.7. The fourth-order valence-corrected chi connectivity index (χ4v) is 3.89. The Labute approximate surface area is 186 Å². The number of para-hydroxylation sites is 1. The first-order chi connectivity index (χ1) is 15.7. The Balaban J connectivity index is 1.55. The first-order valence-electron chi connectivity index (χ1n) is 10.7. The van der Waals surface area contributed by atoms with Gasteiger partial charge in [-0.1, -0.05) is 72.8 Å². The van der Waals surface area contributed by atoms with Crippen molar-refractivity contribution in [2.75, 3.05) is 5.32 Å². The molecule has 0 radical (unpaired) electrons. The van der Waals surface area contributed by atoms with Crippen molar-refractivity contribution in [3.63, 3.8) is 0 Å². The molecule has 32 heavy (non-hydrogen) atoms. The van der Waals surface area contributed by atoms with Crippen LogP contribution in [0.5, 0.6) is 0 Å². The summed E-state index contributed by atoms with van der Waals surface area (Å²) in [6.07, 6.45) is 1.82. The van der Waals surface area contributed by atoms with Crippen LogP contribution < -0.4 is 10.8 Å². The zero-order valence-corrected chi connectivity index (χ0v) is 17.8. The van der Waals surface area contributed by atoms with E-state index in [0.29, 0.717) is 18.0 Å². The number of aromatic nitrogens is 3. The van der Waals surface area contributed by atoms with Crippen LogP contribution in [0.15, 0.2) is 97.2 Å². The van der Waals surface area contributed by atoms with Gasteiger partial charge in [-0.25, -0.2) is 4.98 Å². The molecule has 3 aromatic carbocycles. The van der Waals surface area contributed by atoms with Crippen LogP contribution in [-0.2, 0) is 6.54 Å². The lowest BCUT2D eigenvalue weighted by Crippen LogP contribution is -2.22. The molecular formula is C27H23N5. The molecule has 5 heteroatoms. The normalized spacial score (nSPS) is 10.9. The van der Waals surface area contributed by atoms with E-state index < -0.39 is 0 Å². The summed E-state index contributed by atoms with van der Waals surface area (Å²) in [5.74, 6) is 0.519. The molecule has 0 saturated heterocycles. The fourth-order valence-electron chi connectivity index (χ4n) is 3.89. The summed E-state index contributed by atoms with van der Waals surface area (Å²) in [4.78, 5) is 9.21. The van der Waals surface area contributed by atoms with Crippen LogP contribution in [0.4, 0.5) is 11.6 Å². The van der Waals surface area contributed by atoms with Crippen LogP contribution in [0, 0.1) is 5.41 Å². The zero-order valence-electron chi connectivity index (χ0n) is 17.8. The van der Waals surface area contributed by atoms with Crippen LogP contribution in [0.1, 0.15) is 6.92 Å². The quantitative estimate of drug-likeness (QED) is 0.368. The molecule has 5 nitrogen and oxygen atoms in total. The van der Waals surface area contributed by atoms with Gasteiger partial charge < -0.3 is 9.88 Å². The third kappa shape index (κ3) is 3.76. The number of fused-ring (bicyclic) bond motifs is 1. The SMILES string of the molecule is CCn1c(=N)c(-c2ccc(-c3ccccc3)cc2)cc2cnc(Nc3ccccc3)nc21. The smallest absolute Gasteiger partial charge is 0.229 e. The molecule has 156 valence electrons. The number of benzene rings is 3. The summed E-state index contributed by atoms with van der Waals surface area (Å²) in [5, 5.41) is 13.0. The predicted octanol–water partition coefficient (Wildman–Crippen LogP) is 6.01. The van der Waals surface area contributed by atoms with Gasteiger partial charge in [0.25, 0.3) is 0 Å². The first-order valence-corrected chi connectivity index (χ1v) is 10.7. The summed E-state index contributed by atoms with van der Waals surface area (Å²) in [6, 6.07) is 30.5. The van der Waals surface area contributed by atoms with E-state index in [1.54, 1.807) is 0 Å². The second-order valence-corrected chi connectivity index (χ2v) is 7.56. The molecule has 2 N–H and O–H groups in total. The number of aryl methyl sites for hydroxylation is 1. The average molecular weight is 418 g/mol. The Kier molecular flexibility index (Phi) is 5.22. The molecule has 0 saturated carbocycles. The molecule has 0 amide bonds. The number of nitrogens with zero attached hydrogens (tertiary/aromatic N) is 3. The van der Waals surface area contributed by atoms with Crippen molar-refractivity contribution < 1.29 is 0 Å². The van der Waals surface area contributed by atoms with Crippen molar-refractivity contribution in [2.24, 2.45) is 0 Å². The minimum atomic E-state index is 0.442. The molecule has 2 heterocycles. The number of hydrogen-bond acceptors (Lipinski definition) is 4. The largest absolute Gasteiger partial charge is 0.324 e. The molecule has 0 atom stereocenters. The highest BCUT2D eigenvalue weighted by Gasteiger charge is 2.11. The van der Waals surface area contributed by atoms with Gasteiger partial charge in [-0.3, -0.25) is 5.41 Å². The molecule has 2 aromatic heterocycles. The number of pyridine rings is 1. The Morgan fingerprint density at radius 1 is 0.812 bits per heavy atom. The maximum Gasteiger partial charge on any atom is 0.229 e. The highest BCUT2D eigenvalue weighted by molar-refractivity contribution is 5.82. The van der Waals surface area contributed by atoms with Gasteiger partial charge in [0, 0.05) is 29.4 Å². The Hall–Kier alpha value is -4.25. The van der Waals surface area contributed by atoms with Crippen LogP contribution in [0.3, 0.4) is 0 Å². The number of hydrogen-bond donors (Lipinski definition) is 2. The third-order valence-electron chi connectivity index (χ3n) is 5.53. The lowest BCUT2D eigenvalue weighted by atomic mass is 10.0. The summed E-state index contributed by atoms with van der Waals surface area (Å²) in [6.45, 7) is 2.68. The molecule has 5 rings (SSSR count). The van der Waals surface area contributed by atoms with Crippen molar-refractivity contribution in [3.05, 3.63) is 103 Å². The van der Waals surface area contributed by atoms with Crippen molar-refractivity contribution in [1.82, 2.24) is 14.5 Å². The Morgan fingerprint density at radius 3 is 2.12 bits per heavy atom. The van der Waals surface area contributed by atoms with E-state index in [1.807, 2.05) is 72.3 Å². The van der Waals surface area contributed by atoms with Gasteiger partial charge in [0.15, 0.2) is 0 Å². The van der Waals surface area contributed by atoms with Crippen LogP contribution in [0.25, 0.3) is 33.3 Å². The molecule has 0 aliphatic rings. The molecule has 0 aliphatic heterocycles. The highest BCUT2D eigenvalue weighted by atomic mass is 15.1. The van der Waals surface area contributed by atoms with Crippen molar-refractivity contribution in [1.29, 1.82) is 5.41 Å². The Bertz CT molecular complexity index is 1420. The third-order valence-corrected chi connectivity index (χ3v) is 5.53. The monoisotopic (exact) mass is 417 g/mol. The van der Waals surface area contributed by atoms with Crippen LogP contribution >= 0.6 is 0 Å². The summed E-state index contributed by atoms with van der Waals surface area (Å²) >= 11 is 0. The topological polar surface area (TPSA) is 66.6 Å².